The van der Waals surface area contributed by atoms with Crippen LogP contribution >= 0.6 is 15.9 Å². The maximum atomic E-state index is 5.25. The van der Waals surface area contributed by atoms with Gasteiger partial charge in [-0.1, -0.05) is 46.0 Å². The second-order valence-electron chi connectivity index (χ2n) is 3.46. The van der Waals surface area contributed by atoms with Crippen molar-refractivity contribution in [1.29, 1.82) is 0 Å². The first kappa shape index (κ1) is 11.8. The summed E-state index contributed by atoms with van der Waals surface area (Å²) in [5.41, 5.74) is 1.88. The Labute approximate surface area is 110 Å². The van der Waals surface area contributed by atoms with E-state index in [1.807, 2.05) is 48.5 Å². The second kappa shape index (κ2) is 5.56. The zero-order chi connectivity index (χ0) is 12.1. The third-order valence-electron chi connectivity index (χ3n) is 2.27. The molecule has 84 valence electrons. The van der Waals surface area contributed by atoms with Crippen LogP contribution in [0.25, 0.3) is 0 Å². The molecule has 2 rings (SSSR count). The molecular formula is C15H11BrO. The SMILES string of the molecule is COc1ccccc1C#Cc1cccc(Br)c1. The van der Waals surface area contributed by atoms with Crippen molar-refractivity contribution in [3.8, 4) is 17.6 Å². The molecule has 17 heavy (non-hydrogen) atoms. The van der Waals surface area contributed by atoms with Gasteiger partial charge < -0.3 is 4.74 Å². The van der Waals surface area contributed by atoms with Crippen LogP contribution in [-0.4, -0.2) is 7.11 Å². The van der Waals surface area contributed by atoms with Gasteiger partial charge in [0.25, 0.3) is 0 Å². The van der Waals surface area contributed by atoms with Crippen molar-refractivity contribution in [2.24, 2.45) is 0 Å². The first-order valence-electron chi connectivity index (χ1n) is 5.20. The van der Waals surface area contributed by atoms with Crippen LogP contribution in [0.2, 0.25) is 0 Å². The van der Waals surface area contributed by atoms with Crippen molar-refractivity contribution in [2.45, 2.75) is 0 Å². The van der Waals surface area contributed by atoms with E-state index in [1.54, 1.807) is 7.11 Å². The number of hydrogen-bond donors (Lipinski definition) is 0. The Morgan fingerprint density at radius 1 is 1.00 bits per heavy atom. The van der Waals surface area contributed by atoms with Gasteiger partial charge in [0.15, 0.2) is 0 Å². The molecule has 0 saturated carbocycles. The summed E-state index contributed by atoms with van der Waals surface area (Å²) in [6, 6.07) is 15.7. The van der Waals surface area contributed by atoms with Gasteiger partial charge in [-0.25, -0.2) is 0 Å². The Morgan fingerprint density at radius 2 is 1.82 bits per heavy atom. The van der Waals surface area contributed by atoms with Crippen molar-refractivity contribution in [3.63, 3.8) is 0 Å². The maximum absolute atomic E-state index is 5.25. The van der Waals surface area contributed by atoms with Crippen LogP contribution < -0.4 is 4.74 Å². The third kappa shape index (κ3) is 3.12. The fraction of sp³-hybridized carbons (Fsp3) is 0.0667. The largest absolute Gasteiger partial charge is 0.495 e. The van der Waals surface area contributed by atoms with Crippen LogP contribution in [0, 0.1) is 11.8 Å². The molecule has 0 aliphatic heterocycles. The summed E-state index contributed by atoms with van der Waals surface area (Å²) in [4.78, 5) is 0. The molecule has 0 aliphatic rings. The zero-order valence-electron chi connectivity index (χ0n) is 9.41. The highest BCUT2D eigenvalue weighted by molar-refractivity contribution is 9.10. The van der Waals surface area contributed by atoms with Gasteiger partial charge in [-0.3, -0.25) is 0 Å². The predicted molar refractivity (Wildman–Crippen MR) is 73.1 cm³/mol. The smallest absolute Gasteiger partial charge is 0.134 e. The van der Waals surface area contributed by atoms with Crippen LogP contribution in [0.4, 0.5) is 0 Å². The van der Waals surface area contributed by atoms with Gasteiger partial charge >= 0.3 is 0 Å². The lowest BCUT2D eigenvalue weighted by Gasteiger charge is -2.00. The Bertz CT molecular complexity index is 579. The van der Waals surface area contributed by atoms with Crippen molar-refractivity contribution in [2.75, 3.05) is 7.11 Å². The van der Waals surface area contributed by atoms with Gasteiger partial charge in [-0.05, 0) is 30.3 Å². The molecule has 2 heteroatoms. The number of ether oxygens (including phenoxy) is 1. The van der Waals surface area contributed by atoms with Crippen LogP contribution in [0.3, 0.4) is 0 Å². The molecule has 0 unspecified atom stereocenters. The van der Waals surface area contributed by atoms with Crippen molar-refractivity contribution in [3.05, 3.63) is 64.1 Å². The van der Waals surface area contributed by atoms with Crippen LogP contribution in [0.15, 0.2) is 53.0 Å². The maximum Gasteiger partial charge on any atom is 0.134 e. The summed E-state index contributed by atoms with van der Waals surface area (Å²) in [6.07, 6.45) is 0. The van der Waals surface area contributed by atoms with Gasteiger partial charge in [0.05, 0.1) is 12.7 Å². The lowest BCUT2D eigenvalue weighted by Crippen LogP contribution is -1.86. The monoisotopic (exact) mass is 286 g/mol. The quantitative estimate of drug-likeness (QED) is 0.724. The molecule has 0 N–H and O–H groups in total. The van der Waals surface area contributed by atoms with E-state index in [-0.39, 0.29) is 0 Å². The molecular weight excluding hydrogens is 276 g/mol. The lowest BCUT2D eigenvalue weighted by molar-refractivity contribution is 0.413. The summed E-state index contributed by atoms with van der Waals surface area (Å²) in [6.45, 7) is 0. The highest BCUT2D eigenvalue weighted by Crippen LogP contribution is 2.16. The van der Waals surface area contributed by atoms with E-state index in [1.165, 1.54) is 0 Å². The number of hydrogen-bond acceptors (Lipinski definition) is 1. The molecule has 0 saturated heterocycles. The predicted octanol–water partition coefficient (Wildman–Crippen LogP) is 3.86. The molecule has 0 aliphatic carbocycles. The Morgan fingerprint density at radius 3 is 2.59 bits per heavy atom. The number of para-hydroxylation sites is 1. The van der Waals surface area contributed by atoms with Crippen LogP contribution in [-0.2, 0) is 0 Å². The van der Waals surface area contributed by atoms with Crippen molar-refractivity contribution in [1.82, 2.24) is 0 Å². The Hall–Kier alpha value is -1.72. The lowest BCUT2D eigenvalue weighted by atomic mass is 10.1. The standard InChI is InChI=1S/C15H11BrO/c1-17-15-8-3-2-6-13(15)10-9-12-5-4-7-14(16)11-12/h2-8,11H,1H3. The average Bonchev–Trinajstić information content (AvgIpc) is 2.37. The Kier molecular flexibility index (Phi) is 3.85. The van der Waals surface area contributed by atoms with E-state index in [0.717, 1.165) is 21.3 Å². The molecule has 0 aromatic heterocycles. The minimum absolute atomic E-state index is 0.801. The molecule has 0 amide bonds. The minimum atomic E-state index is 0.801. The van der Waals surface area contributed by atoms with E-state index in [4.69, 9.17) is 4.74 Å². The molecule has 0 radical (unpaired) electrons. The van der Waals surface area contributed by atoms with E-state index in [0.29, 0.717) is 0 Å². The van der Waals surface area contributed by atoms with Crippen molar-refractivity contribution < 1.29 is 4.74 Å². The normalized spacial score (nSPS) is 9.29. The molecule has 0 bridgehead atoms. The summed E-state index contributed by atoms with van der Waals surface area (Å²) in [5, 5.41) is 0. The molecule has 0 heterocycles. The van der Waals surface area contributed by atoms with E-state index in [9.17, 15) is 0 Å². The van der Waals surface area contributed by atoms with Gasteiger partial charge in [-0.15, -0.1) is 0 Å². The number of benzene rings is 2. The summed E-state index contributed by atoms with van der Waals surface area (Å²) in [5.74, 6) is 7.03. The molecule has 2 aromatic carbocycles. The average molecular weight is 287 g/mol. The van der Waals surface area contributed by atoms with Gasteiger partial charge in [0.2, 0.25) is 0 Å². The highest BCUT2D eigenvalue weighted by atomic mass is 79.9. The van der Waals surface area contributed by atoms with Crippen LogP contribution in [0.1, 0.15) is 11.1 Å². The summed E-state index contributed by atoms with van der Waals surface area (Å²) < 4.78 is 6.28. The van der Waals surface area contributed by atoms with Crippen molar-refractivity contribution >= 4 is 15.9 Å². The second-order valence-corrected chi connectivity index (χ2v) is 4.38. The minimum Gasteiger partial charge on any atom is -0.495 e. The molecule has 2 aromatic rings. The van der Waals surface area contributed by atoms with Crippen LogP contribution in [0.5, 0.6) is 5.75 Å². The Balaban J connectivity index is 2.33. The molecule has 1 nitrogen and oxygen atoms in total. The first-order valence-corrected chi connectivity index (χ1v) is 5.99. The first-order chi connectivity index (χ1) is 8.29. The highest BCUT2D eigenvalue weighted by Gasteiger charge is 1.96. The molecule has 0 fully saturated rings. The summed E-state index contributed by atoms with van der Waals surface area (Å²) >= 11 is 3.42. The van der Waals surface area contributed by atoms with Gasteiger partial charge in [0.1, 0.15) is 5.75 Å². The van der Waals surface area contributed by atoms with E-state index < -0.39 is 0 Å². The fourth-order valence-electron chi connectivity index (χ4n) is 1.45. The number of rotatable bonds is 1. The topological polar surface area (TPSA) is 9.23 Å². The fourth-order valence-corrected chi connectivity index (χ4v) is 1.85. The number of halogens is 1. The summed E-state index contributed by atoms with van der Waals surface area (Å²) in [7, 11) is 1.65. The van der Waals surface area contributed by atoms with E-state index in [2.05, 4.69) is 27.8 Å². The zero-order valence-corrected chi connectivity index (χ0v) is 11.0. The van der Waals surface area contributed by atoms with Gasteiger partial charge in [0, 0.05) is 10.0 Å². The number of methoxy groups -OCH3 is 1. The third-order valence-corrected chi connectivity index (χ3v) is 2.77. The van der Waals surface area contributed by atoms with Gasteiger partial charge in [-0.2, -0.15) is 0 Å². The molecule has 0 spiro atoms. The molecule has 0 atom stereocenters. The van der Waals surface area contributed by atoms with E-state index >= 15 is 0 Å².